The maximum atomic E-state index is 13.7. The van der Waals surface area contributed by atoms with Crippen molar-refractivity contribution in [2.45, 2.75) is 33.9 Å². The number of carbonyl (C=O) groups excluding carboxylic acids is 1. The third-order valence-electron chi connectivity index (χ3n) is 5.98. The molecule has 8 nitrogen and oxygen atoms in total. The maximum absolute atomic E-state index is 13.7. The lowest BCUT2D eigenvalue weighted by Crippen LogP contribution is -2.29. The predicted molar refractivity (Wildman–Crippen MR) is 157 cm³/mol. The molecule has 40 heavy (non-hydrogen) atoms. The molecule has 0 fully saturated rings. The smallest absolute Gasteiger partial charge is 0.267 e. The fourth-order valence-corrected chi connectivity index (χ4v) is 4.95. The van der Waals surface area contributed by atoms with Gasteiger partial charge in [-0.2, -0.15) is 9.78 Å². The molecule has 0 aliphatic carbocycles. The molecule has 0 radical (unpaired) electrons. The Hall–Kier alpha value is -4.39. The largest absolute Gasteiger partial charge is 0.365 e. The van der Waals surface area contributed by atoms with E-state index in [0.717, 1.165) is 10.4 Å². The van der Waals surface area contributed by atoms with Gasteiger partial charge in [-0.25, -0.2) is 0 Å². The summed E-state index contributed by atoms with van der Waals surface area (Å²) in [6, 6.07) is 20.1. The predicted octanol–water partition coefficient (Wildman–Crippen LogP) is 6.16. The molecular formula is C30H26ClN5O3S. The van der Waals surface area contributed by atoms with E-state index in [0.29, 0.717) is 39.3 Å². The van der Waals surface area contributed by atoms with Gasteiger partial charge in [0.15, 0.2) is 0 Å². The van der Waals surface area contributed by atoms with E-state index in [4.69, 9.17) is 16.1 Å². The van der Waals surface area contributed by atoms with Crippen LogP contribution in [0.4, 0.5) is 5.82 Å². The van der Waals surface area contributed by atoms with Gasteiger partial charge in [-0.1, -0.05) is 67.6 Å². The van der Waals surface area contributed by atoms with Crippen LogP contribution < -0.4 is 10.9 Å². The third-order valence-corrected chi connectivity index (χ3v) is 7.21. The Morgan fingerprint density at radius 1 is 1.07 bits per heavy atom. The first kappa shape index (κ1) is 27.2. The summed E-state index contributed by atoms with van der Waals surface area (Å²) in [4.78, 5) is 28.1. The van der Waals surface area contributed by atoms with Crippen LogP contribution in [0.5, 0.6) is 0 Å². The van der Waals surface area contributed by atoms with Crippen LogP contribution in [0.2, 0.25) is 4.34 Å². The van der Waals surface area contributed by atoms with Crippen molar-refractivity contribution in [2.24, 2.45) is 5.41 Å². The van der Waals surface area contributed by atoms with Crippen molar-refractivity contribution in [3.05, 3.63) is 109 Å². The van der Waals surface area contributed by atoms with Crippen molar-refractivity contribution in [1.82, 2.24) is 19.5 Å². The van der Waals surface area contributed by atoms with Gasteiger partial charge >= 0.3 is 0 Å². The molecule has 4 aromatic heterocycles. The highest BCUT2D eigenvalue weighted by atomic mass is 35.5. The second kappa shape index (κ2) is 11.4. The average molecular weight is 572 g/mol. The van der Waals surface area contributed by atoms with Crippen molar-refractivity contribution in [2.75, 3.05) is 5.32 Å². The zero-order valence-corrected chi connectivity index (χ0v) is 23.7. The zero-order valence-electron chi connectivity index (χ0n) is 22.1. The van der Waals surface area contributed by atoms with Gasteiger partial charge in [0, 0.05) is 28.0 Å². The topological polar surface area (TPSA) is 95.0 Å². The summed E-state index contributed by atoms with van der Waals surface area (Å²) in [6.07, 6.45) is 1.45. The monoisotopic (exact) mass is 571 g/mol. The molecule has 1 N–H and O–H groups in total. The number of pyridine rings is 1. The van der Waals surface area contributed by atoms with Crippen molar-refractivity contribution < 1.29 is 9.32 Å². The maximum Gasteiger partial charge on any atom is 0.267 e. The number of aromatic nitrogens is 4. The van der Waals surface area contributed by atoms with Crippen LogP contribution in [0.3, 0.4) is 0 Å². The summed E-state index contributed by atoms with van der Waals surface area (Å²) in [5.41, 5.74) is 1.67. The summed E-state index contributed by atoms with van der Waals surface area (Å²) in [7, 11) is 0. The fraction of sp³-hybridized carbons (Fsp3) is 0.200. The van der Waals surface area contributed by atoms with E-state index in [9.17, 15) is 9.59 Å². The van der Waals surface area contributed by atoms with Crippen molar-refractivity contribution in [3.8, 4) is 23.2 Å². The van der Waals surface area contributed by atoms with E-state index >= 15 is 0 Å². The Morgan fingerprint density at radius 3 is 2.55 bits per heavy atom. The Labute approximate surface area is 240 Å². The van der Waals surface area contributed by atoms with E-state index in [2.05, 4.69) is 27.4 Å². The van der Waals surface area contributed by atoms with Crippen LogP contribution in [0.1, 0.15) is 47.3 Å². The minimum atomic E-state index is -0.691. The highest BCUT2D eigenvalue weighted by molar-refractivity contribution is 7.16. The normalized spacial score (nSPS) is 11.2. The molecule has 5 rings (SSSR count). The first-order valence-electron chi connectivity index (χ1n) is 12.5. The van der Waals surface area contributed by atoms with Crippen LogP contribution in [-0.2, 0) is 13.1 Å². The number of anilines is 1. The van der Waals surface area contributed by atoms with E-state index in [1.54, 1.807) is 28.8 Å². The second-order valence-corrected chi connectivity index (χ2v) is 11.9. The molecule has 10 heteroatoms. The Kier molecular flexibility index (Phi) is 7.74. The molecule has 4 heterocycles. The fourth-order valence-electron chi connectivity index (χ4n) is 3.93. The van der Waals surface area contributed by atoms with Gasteiger partial charge in [0.25, 0.3) is 11.5 Å². The van der Waals surface area contributed by atoms with Gasteiger partial charge in [0.05, 0.1) is 28.7 Å². The molecular weight excluding hydrogens is 546 g/mol. The number of hydrogen-bond acceptors (Lipinski definition) is 7. The molecule has 0 amide bonds. The second-order valence-electron chi connectivity index (χ2n) is 10.1. The van der Waals surface area contributed by atoms with Crippen LogP contribution in [0, 0.1) is 17.3 Å². The molecule has 0 unspecified atom stereocenters. The quantitative estimate of drug-likeness (QED) is 0.245. The van der Waals surface area contributed by atoms with Crippen molar-refractivity contribution in [1.29, 1.82) is 0 Å². The Morgan fingerprint density at radius 2 is 1.88 bits per heavy atom. The number of hydrogen-bond donors (Lipinski definition) is 1. The molecule has 0 saturated carbocycles. The summed E-state index contributed by atoms with van der Waals surface area (Å²) in [5, 5.41) is 12.0. The number of nitrogens with one attached hydrogen (secondary N) is 1. The molecule has 5 aromatic rings. The third kappa shape index (κ3) is 6.09. The molecule has 0 aliphatic heterocycles. The van der Waals surface area contributed by atoms with E-state index in [-0.39, 0.29) is 18.0 Å². The van der Waals surface area contributed by atoms with E-state index in [1.165, 1.54) is 22.3 Å². The molecule has 0 aliphatic rings. The van der Waals surface area contributed by atoms with Gasteiger partial charge in [0.1, 0.15) is 23.5 Å². The lowest BCUT2D eigenvalue weighted by molar-refractivity contribution is 0.0752. The van der Waals surface area contributed by atoms with E-state index < -0.39 is 5.41 Å². The number of nitrogens with zero attached hydrogens (tertiary/aromatic N) is 4. The molecule has 0 spiro atoms. The standard InChI is InChI=1S/C30H26ClN5O3S/c1-30(2,3)29(38)36-27(32-18-23-12-14-26(31)40-23)17-24(33-36)25-13-11-21(10-9-20-7-5-4-6-8-20)28(37)35(25)19-22-15-16-39-34-22/h4-8,11-17,32H,18-19H2,1-3H3. The first-order chi connectivity index (χ1) is 19.2. The minimum Gasteiger partial charge on any atom is -0.365 e. The van der Waals surface area contributed by atoms with Gasteiger partial charge < -0.3 is 9.84 Å². The van der Waals surface area contributed by atoms with Crippen molar-refractivity contribution >= 4 is 34.7 Å². The average Bonchev–Trinajstić information content (AvgIpc) is 3.69. The summed E-state index contributed by atoms with van der Waals surface area (Å²) in [5.74, 6) is 6.35. The van der Waals surface area contributed by atoms with Gasteiger partial charge in [-0.05, 0) is 36.4 Å². The Balaban J connectivity index is 1.59. The molecule has 202 valence electrons. The zero-order chi connectivity index (χ0) is 28.3. The van der Waals surface area contributed by atoms with E-state index in [1.807, 2.05) is 63.2 Å². The SMILES string of the molecule is CC(C)(C)C(=O)n1nc(-c2ccc(C#Cc3ccccc3)c(=O)n2Cc2ccon2)cc1NCc1ccc(Cl)s1. The van der Waals surface area contributed by atoms with Gasteiger partial charge in [-0.15, -0.1) is 11.3 Å². The highest BCUT2D eigenvalue weighted by Crippen LogP contribution is 2.28. The van der Waals surface area contributed by atoms with Crippen LogP contribution in [0.25, 0.3) is 11.4 Å². The van der Waals surface area contributed by atoms with Gasteiger partial charge in [0.2, 0.25) is 0 Å². The lowest BCUT2D eigenvalue weighted by atomic mass is 9.96. The summed E-state index contributed by atoms with van der Waals surface area (Å²) in [6.45, 7) is 6.10. The summed E-state index contributed by atoms with van der Waals surface area (Å²) >= 11 is 7.55. The molecule has 0 bridgehead atoms. The molecule has 1 aromatic carbocycles. The number of rotatable bonds is 6. The first-order valence-corrected chi connectivity index (χ1v) is 13.7. The number of thiophene rings is 1. The lowest BCUT2D eigenvalue weighted by Gasteiger charge is -2.18. The number of halogens is 1. The minimum absolute atomic E-state index is 0.141. The summed E-state index contributed by atoms with van der Waals surface area (Å²) < 4.78 is 8.59. The Bertz CT molecular complexity index is 1770. The number of carbonyl (C=O) groups is 1. The highest BCUT2D eigenvalue weighted by Gasteiger charge is 2.27. The van der Waals surface area contributed by atoms with Gasteiger partial charge in [-0.3, -0.25) is 14.2 Å². The van der Waals surface area contributed by atoms with Crippen LogP contribution >= 0.6 is 22.9 Å². The molecule has 0 saturated heterocycles. The van der Waals surface area contributed by atoms with Crippen LogP contribution in [-0.4, -0.2) is 25.4 Å². The molecule has 0 atom stereocenters. The van der Waals surface area contributed by atoms with Crippen molar-refractivity contribution in [3.63, 3.8) is 0 Å². The van der Waals surface area contributed by atoms with Crippen LogP contribution in [0.15, 0.2) is 82.3 Å². The number of benzene rings is 1.